The molecule has 16 heteroatoms. The Morgan fingerprint density at radius 3 is 2.17 bits per heavy atom. The number of hydrogen-bond donors (Lipinski definition) is 6. The molecule has 16 nitrogen and oxygen atoms in total. The van der Waals surface area contributed by atoms with Gasteiger partial charge in [-0.05, 0) is 42.7 Å². The molecule has 0 saturated heterocycles. The Hall–Kier alpha value is -6.32. The number of anilines is 2. The first-order valence-electron chi connectivity index (χ1n) is 14.3. The Morgan fingerprint density at radius 2 is 1.56 bits per heavy atom. The van der Waals surface area contributed by atoms with E-state index in [-0.39, 0.29) is 48.0 Å². The topological polar surface area (TPSA) is 238 Å². The van der Waals surface area contributed by atoms with Gasteiger partial charge in [-0.15, -0.1) is 0 Å². The quantitative estimate of drug-likeness (QED) is 0.101. The molecule has 3 rings (SSSR count). The molecule has 0 spiro atoms. The van der Waals surface area contributed by atoms with E-state index in [1.54, 1.807) is 0 Å². The minimum atomic E-state index is -1.81. The summed E-state index contributed by atoms with van der Waals surface area (Å²) < 4.78 is 15.2. The van der Waals surface area contributed by atoms with E-state index in [1.165, 1.54) is 61.7 Å². The number of amides is 3. The lowest BCUT2D eigenvalue weighted by molar-refractivity contribution is -0.148. The summed E-state index contributed by atoms with van der Waals surface area (Å²) in [6.45, 7) is 0.210. The zero-order chi connectivity index (χ0) is 35.4. The van der Waals surface area contributed by atoms with E-state index < -0.39 is 53.2 Å². The molecule has 254 valence electrons. The number of benzene rings is 3. The number of aromatic hydroxyl groups is 1. The summed E-state index contributed by atoms with van der Waals surface area (Å²) in [5, 5.41) is 43.5. The number of hydrogen-bond acceptors (Lipinski definition) is 10. The van der Waals surface area contributed by atoms with E-state index in [2.05, 4.69) is 15.4 Å². The molecular formula is C32H33N3O13. The average molecular weight is 668 g/mol. The number of methoxy groups -OCH3 is 2. The summed E-state index contributed by atoms with van der Waals surface area (Å²) in [7, 11) is 2.47. The number of alkyl carbamates (subject to hydrolysis) is 1. The SMILES string of the molecule is COC(=O)N[C@@H](Cc1ccc(N(C(=O)C(=O)O)c2ccccc2C(=O)O)cc1)C(=O)NCCCCOc1cc(OC)cc(O)c1C(=O)O. The van der Waals surface area contributed by atoms with Crippen molar-refractivity contribution in [2.45, 2.75) is 25.3 Å². The minimum Gasteiger partial charge on any atom is -0.507 e. The fourth-order valence-corrected chi connectivity index (χ4v) is 4.50. The van der Waals surface area contributed by atoms with Gasteiger partial charge in [0.1, 0.15) is 28.9 Å². The predicted molar refractivity (Wildman–Crippen MR) is 167 cm³/mol. The van der Waals surface area contributed by atoms with Crippen molar-refractivity contribution in [3.8, 4) is 17.2 Å². The number of aromatic carboxylic acids is 2. The monoisotopic (exact) mass is 667 g/mol. The van der Waals surface area contributed by atoms with Gasteiger partial charge < -0.3 is 45.3 Å². The molecule has 0 fully saturated rings. The van der Waals surface area contributed by atoms with Gasteiger partial charge in [0.15, 0.2) is 0 Å². The van der Waals surface area contributed by atoms with Gasteiger partial charge in [-0.1, -0.05) is 24.3 Å². The van der Waals surface area contributed by atoms with Gasteiger partial charge in [-0.2, -0.15) is 0 Å². The normalized spacial score (nSPS) is 11.0. The minimum absolute atomic E-state index is 0.0415. The van der Waals surface area contributed by atoms with Crippen LogP contribution in [0.3, 0.4) is 0 Å². The molecular weight excluding hydrogens is 634 g/mol. The molecule has 3 aromatic rings. The molecule has 0 radical (unpaired) electrons. The van der Waals surface area contributed by atoms with Crippen LogP contribution >= 0.6 is 0 Å². The van der Waals surface area contributed by atoms with Crippen molar-refractivity contribution in [3.63, 3.8) is 0 Å². The highest BCUT2D eigenvalue weighted by atomic mass is 16.5. The Kier molecular flexibility index (Phi) is 12.7. The van der Waals surface area contributed by atoms with Gasteiger partial charge >= 0.3 is 29.9 Å². The fraction of sp³-hybridized carbons (Fsp3) is 0.250. The first-order valence-corrected chi connectivity index (χ1v) is 14.3. The van der Waals surface area contributed by atoms with Gasteiger partial charge in [0.25, 0.3) is 0 Å². The molecule has 6 N–H and O–H groups in total. The summed E-state index contributed by atoms with van der Waals surface area (Å²) >= 11 is 0. The number of phenols is 1. The first-order chi connectivity index (χ1) is 22.9. The third-order valence-corrected chi connectivity index (χ3v) is 6.82. The largest absolute Gasteiger partial charge is 0.507 e. The number of nitrogens with one attached hydrogen (secondary N) is 2. The van der Waals surface area contributed by atoms with Crippen molar-refractivity contribution in [1.29, 1.82) is 0 Å². The number of para-hydroxylation sites is 1. The number of ether oxygens (including phenoxy) is 3. The highest BCUT2D eigenvalue weighted by Crippen LogP contribution is 2.33. The van der Waals surface area contributed by atoms with E-state index >= 15 is 0 Å². The number of carboxylic acids is 3. The molecule has 0 bridgehead atoms. The van der Waals surface area contributed by atoms with Crippen LogP contribution in [-0.2, 0) is 25.5 Å². The molecule has 1 atom stereocenters. The van der Waals surface area contributed by atoms with Gasteiger partial charge in [0, 0.05) is 30.8 Å². The van der Waals surface area contributed by atoms with Crippen LogP contribution in [-0.4, -0.2) is 89.7 Å². The van der Waals surface area contributed by atoms with Crippen LogP contribution in [0.15, 0.2) is 60.7 Å². The number of carbonyl (C=O) groups excluding carboxylic acids is 3. The molecule has 0 heterocycles. The van der Waals surface area contributed by atoms with Gasteiger partial charge in [-0.3, -0.25) is 14.5 Å². The summed E-state index contributed by atoms with van der Waals surface area (Å²) in [6, 6.07) is 12.5. The predicted octanol–water partition coefficient (Wildman–Crippen LogP) is 2.79. The zero-order valence-electron chi connectivity index (χ0n) is 25.8. The highest BCUT2D eigenvalue weighted by Gasteiger charge is 2.28. The lowest BCUT2D eigenvalue weighted by Gasteiger charge is -2.23. The van der Waals surface area contributed by atoms with Crippen LogP contribution in [0.5, 0.6) is 17.2 Å². The van der Waals surface area contributed by atoms with Crippen molar-refractivity contribution in [3.05, 3.63) is 77.4 Å². The van der Waals surface area contributed by atoms with Crippen LogP contribution in [0, 0.1) is 0 Å². The van der Waals surface area contributed by atoms with E-state index in [1.807, 2.05) is 0 Å². The van der Waals surface area contributed by atoms with Crippen molar-refractivity contribution in [2.24, 2.45) is 0 Å². The Balaban J connectivity index is 1.66. The lowest BCUT2D eigenvalue weighted by Crippen LogP contribution is -2.48. The summed E-state index contributed by atoms with van der Waals surface area (Å²) in [4.78, 5) is 73.2. The number of aliphatic carboxylic acids is 1. The maximum atomic E-state index is 13.0. The molecule has 0 aliphatic carbocycles. The summed E-state index contributed by atoms with van der Waals surface area (Å²) in [5.74, 6) is -6.92. The second-order valence-corrected chi connectivity index (χ2v) is 10.00. The average Bonchev–Trinajstić information content (AvgIpc) is 3.06. The third-order valence-electron chi connectivity index (χ3n) is 6.82. The summed E-state index contributed by atoms with van der Waals surface area (Å²) in [6.07, 6.45) is -0.140. The molecule has 0 unspecified atom stereocenters. The van der Waals surface area contributed by atoms with Gasteiger partial charge in [0.2, 0.25) is 5.91 Å². The smallest absolute Gasteiger partial charge is 0.407 e. The molecule has 3 amide bonds. The Bertz CT molecular complexity index is 1670. The molecule has 0 aliphatic heterocycles. The van der Waals surface area contributed by atoms with Crippen molar-refractivity contribution >= 4 is 47.2 Å². The van der Waals surface area contributed by atoms with E-state index in [9.17, 15) is 49.2 Å². The molecule has 0 aliphatic rings. The molecule has 3 aromatic carbocycles. The molecule has 0 aromatic heterocycles. The standard InChI is InChI=1S/C32H33N3O13/c1-46-20-16-24(36)26(30(41)42)25(17-20)48-14-6-5-13-33-27(37)22(34-32(45)47-2)15-18-9-11-19(12-10-18)35(28(38)31(43)44)23-8-4-3-7-21(23)29(39)40/h3-4,7-12,16-17,22,36H,5-6,13-15H2,1-2H3,(H,33,37)(H,34,45)(H,39,40)(H,41,42)(H,43,44)/t22-/m0/s1. The molecule has 48 heavy (non-hydrogen) atoms. The number of nitrogens with zero attached hydrogens (tertiary/aromatic N) is 1. The van der Waals surface area contributed by atoms with Gasteiger partial charge in [-0.25, -0.2) is 19.2 Å². The summed E-state index contributed by atoms with van der Waals surface area (Å²) in [5.41, 5.74) is -0.340. The number of rotatable bonds is 15. The number of carbonyl (C=O) groups is 6. The van der Waals surface area contributed by atoms with E-state index in [0.29, 0.717) is 18.4 Å². The third kappa shape index (κ3) is 9.35. The maximum Gasteiger partial charge on any atom is 0.407 e. The van der Waals surface area contributed by atoms with Crippen LogP contribution in [0.1, 0.15) is 39.1 Å². The zero-order valence-corrected chi connectivity index (χ0v) is 25.8. The number of carboxylic acid groups (broad SMARTS) is 3. The van der Waals surface area contributed by atoms with Crippen LogP contribution < -0.4 is 25.0 Å². The van der Waals surface area contributed by atoms with E-state index in [4.69, 9.17) is 9.47 Å². The second kappa shape index (κ2) is 16.8. The van der Waals surface area contributed by atoms with E-state index in [0.717, 1.165) is 18.1 Å². The Morgan fingerprint density at radius 1 is 0.875 bits per heavy atom. The van der Waals surface area contributed by atoms with Crippen LogP contribution in [0.25, 0.3) is 0 Å². The second-order valence-electron chi connectivity index (χ2n) is 10.00. The first kappa shape index (κ1) is 36.2. The van der Waals surface area contributed by atoms with Crippen molar-refractivity contribution in [2.75, 3.05) is 32.3 Å². The van der Waals surface area contributed by atoms with Crippen molar-refractivity contribution in [1.82, 2.24) is 10.6 Å². The van der Waals surface area contributed by atoms with Gasteiger partial charge in [0.05, 0.1) is 32.1 Å². The fourth-order valence-electron chi connectivity index (χ4n) is 4.50. The van der Waals surface area contributed by atoms with Crippen LogP contribution in [0.2, 0.25) is 0 Å². The molecule has 0 saturated carbocycles. The Labute approximate surface area is 273 Å². The maximum absolute atomic E-state index is 13.0. The lowest BCUT2D eigenvalue weighted by atomic mass is 10.0. The van der Waals surface area contributed by atoms with Crippen LogP contribution in [0.4, 0.5) is 16.2 Å². The highest BCUT2D eigenvalue weighted by molar-refractivity contribution is 6.39. The number of unbranched alkanes of at least 4 members (excludes halogenated alkanes) is 1. The van der Waals surface area contributed by atoms with Crippen molar-refractivity contribution < 1.29 is 63.4 Å².